The summed E-state index contributed by atoms with van der Waals surface area (Å²) in [7, 11) is 0. The Morgan fingerprint density at radius 2 is 2.06 bits per heavy atom. The smallest absolute Gasteiger partial charge is 0.221 e. The lowest BCUT2D eigenvalue weighted by atomic mass is 9.86. The number of primary amides is 1. The molecule has 1 rings (SSSR count). The van der Waals surface area contributed by atoms with Gasteiger partial charge in [-0.05, 0) is 23.1 Å². The first-order valence-electron chi connectivity index (χ1n) is 5.59. The van der Waals surface area contributed by atoms with E-state index in [1.165, 1.54) is 0 Å². The van der Waals surface area contributed by atoms with Crippen LogP contribution in [-0.4, -0.2) is 11.0 Å². The van der Waals surface area contributed by atoms with Crippen molar-refractivity contribution in [2.45, 2.75) is 32.6 Å². The summed E-state index contributed by atoms with van der Waals surface area (Å²) in [6.45, 7) is 6.32. The zero-order valence-corrected chi connectivity index (χ0v) is 10.5. The molecule has 3 nitrogen and oxygen atoms in total. The van der Waals surface area contributed by atoms with E-state index in [-0.39, 0.29) is 23.5 Å². The first kappa shape index (κ1) is 13.3. The van der Waals surface area contributed by atoms with E-state index in [9.17, 15) is 9.90 Å². The third-order valence-corrected chi connectivity index (χ3v) is 2.51. The lowest BCUT2D eigenvalue weighted by Crippen LogP contribution is -2.10. The fourth-order valence-corrected chi connectivity index (χ4v) is 1.46. The molecule has 17 heavy (non-hydrogen) atoms. The molecule has 0 aliphatic heterocycles. The average molecular weight is 233 g/mol. The van der Waals surface area contributed by atoms with Crippen LogP contribution in [0.15, 0.2) is 24.3 Å². The first-order valence-corrected chi connectivity index (χ1v) is 5.59. The van der Waals surface area contributed by atoms with Gasteiger partial charge in [-0.2, -0.15) is 0 Å². The van der Waals surface area contributed by atoms with Crippen molar-refractivity contribution >= 4 is 12.0 Å². The molecular formula is C14H19NO2. The van der Waals surface area contributed by atoms with Crippen molar-refractivity contribution in [3.05, 3.63) is 35.4 Å². The topological polar surface area (TPSA) is 63.3 Å². The van der Waals surface area contributed by atoms with E-state index in [1.807, 2.05) is 12.1 Å². The maximum Gasteiger partial charge on any atom is 0.221 e. The summed E-state index contributed by atoms with van der Waals surface area (Å²) >= 11 is 0. The van der Waals surface area contributed by atoms with Crippen molar-refractivity contribution < 1.29 is 9.90 Å². The highest BCUT2D eigenvalue weighted by molar-refractivity contribution is 5.76. The summed E-state index contributed by atoms with van der Waals surface area (Å²) in [4.78, 5) is 10.6. The van der Waals surface area contributed by atoms with Gasteiger partial charge < -0.3 is 10.8 Å². The molecule has 0 spiro atoms. The molecule has 0 saturated carbocycles. The van der Waals surface area contributed by atoms with Gasteiger partial charge in [0.05, 0.1) is 0 Å². The van der Waals surface area contributed by atoms with Crippen molar-refractivity contribution in [3.8, 4) is 5.75 Å². The summed E-state index contributed by atoms with van der Waals surface area (Å²) in [6, 6.07) is 5.50. The summed E-state index contributed by atoms with van der Waals surface area (Å²) in [5, 5.41) is 9.70. The van der Waals surface area contributed by atoms with E-state index in [4.69, 9.17) is 5.73 Å². The fraction of sp³-hybridized carbons (Fsp3) is 0.357. The number of carbonyl (C=O) groups excluding carboxylic acids is 1. The molecule has 1 amide bonds. The van der Waals surface area contributed by atoms with Gasteiger partial charge in [0.2, 0.25) is 5.91 Å². The Labute approximate surface area is 102 Å². The van der Waals surface area contributed by atoms with Crippen molar-refractivity contribution in [3.63, 3.8) is 0 Å². The third kappa shape index (κ3) is 3.94. The van der Waals surface area contributed by atoms with E-state index in [0.29, 0.717) is 5.56 Å². The average Bonchev–Trinajstić information content (AvgIpc) is 2.18. The highest BCUT2D eigenvalue weighted by Crippen LogP contribution is 2.28. The molecule has 1 aromatic rings. The summed E-state index contributed by atoms with van der Waals surface area (Å²) in [5.41, 5.74) is 6.91. The molecule has 92 valence electrons. The maximum absolute atomic E-state index is 10.6. The second-order valence-corrected chi connectivity index (χ2v) is 5.10. The van der Waals surface area contributed by atoms with Gasteiger partial charge in [0.25, 0.3) is 0 Å². The van der Waals surface area contributed by atoms with Crippen LogP contribution in [0.25, 0.3) is 6.08 Å². The normalized spacial score (nSPS) is 11.9. The van der Waals surface area contributed by atoms with Gasteiger partial charge in [-0.1, -0.05) is 39.0 Å². The second kappa shape index (κ2) is 5.04. The molecule has 1 aromatic carbocycles. The minimum absolute atomic E-state index is 0.0278. The molecule has 0 aromatic heterocycles. The van der Waals surface area contributed by atoms with Gasteiger partial charge in [0, 0.05) is 12.0 Å². The Kier molecular flexibility index (Phi) is 3.94. The molecule has 0 aliphatic carbocycles. The molecule has 3 N–H and O–H groups in total. The Hall–Kier alpha value is -1.77. The number of hydrogen-bond acceptors (Lipinski definition) is 2. The minimum atomic E-state index is -0.382. The maximum atomic E-state index is 10.6. The zero-order valence-electron chi connectivity index (χ0n) is 10.5. The van der Waals surface area contributed by atoms with Gasteiger partial charge in [-0.25, -0.2) is 0 Å². The van der Waals surface area contributed by atoms with Crippen molar-refractivity contribution in [2.75, 3.05) is 0 Å². The highest BCUT2D eigenvalue weighted by atomic mass is 16.3. The molecule has 0 bridgehead atoms. The Balaban J connectivity index is 2.99. The number of hydrogen-bond donors (Lipinski definition) is 2. The molecule has 0 fully saturated rings. The number of phenols is 1. The Morgan fingerprint density at radius 1 is 1.41 bits per heavy atom. The van der Waals surface area contributed by atoms with Crippen LogP contribution in [0.1, 0.15) is 38.3 Å². The molecule has 0 radical (unpaired) electrons. The first-order chi connectivity index (χ1) is 7.80. The van der Waals surface area contributed by atoms with Crippen LogP contribution in [0.4, 0.5) is 0 Å². The van der Waals surface area contributed by atoms with Gasteiger partial charge in [-0.3, -0.25) is 4.79 Å². The van der Waals surface area contributed by atoms with Crippen molar-refractivity contribution in [1.29, 1.82) is 0 Å². The highest BCUT2D eigenvalue weighted by Gasteiger charge is 2.14. The second-order valence-electron chi connectivity index (χ2n) is 5.10. The third-order valence-electron chi connectivity index (χ3n) is 2.51. The van der Waals surface area contributed by atoms with Crippen LogP contribution in [0.2, 0.25) is 0 Å². The SMILES string of the molecule is CC(C)(C)c1ccc(O)c(C=CCC(N)=O)c1. The Bertz CT molecular complexity index is 442. The molecule has 3 heteroatoms. The van der Waals surface area contributed by atoms with Crippen LogP contribution in [-0.2, 0) is 10.2 Å². The largest absolute Gasteiger partial charge is 0.507 e. The van der Waals surface area contributed by atoms with Crippen LogP contribution in [0, 0.1) is 0 Å². The molecular weight excluding hydrogens is 214 g/mol. The summed E-state index contributed by atoms with van der Waals surface area (Å²) in [5.74, 6) is -0.175. The predicted octanol–water partition coefficient (Wildman–Crippen LogP) is 2.58. The van der Waals surface area contributed by atoms with Crippen LogP contribution in [0.3, 0.4) is 0 Å². The quantitative estimate of drug-likeness (QED) is 0.842. The number of carbonyl (C=O) groups is 1. The lowest BCUT2D eigenvalue weighted by molar-refractivity contribution is -0.117. The standard InChI is InChI=1S/C14H19NO2/c1-14(2,3)11-7-8-12(16)10(9-11)5-4-6-13(15)17/h4-5,7-9,16H,6H2,1-3H3,(H2,15,17). The monoisotopic (exact) mass is 233 g/mol. The van der Waals surface area contributed by atoms with E-state index >= 15 is 0 Å². The van der Waals surface area contributed by atoms with Gasteiger partial charge in [0.15, 0.2) is 0 Å². The number of amides is 1. The molecule has 0 saturated heterocycles. The number of rotatable bonds is 3. The van der Waals surface area contributed by atoms with Crippen LogP contribution >= 0.6 is 0 Å². The summed E-state index contributed by atoms with van der Waals surface area (Å²) < 4.78 is 0. The Morgan fingerprint density at radius 3 is 2.59 bits per heavy atom. The molecule has 0 aliphatic rings. The van der Waals surface area contributed by atoms with Gasteiger partial charge in [-0.15, -0.1) is 0 Å². The van der Waals surface area contributed by atoms with E-state index in [0.717, 1.165) is 5.56 Å². The predicted molar refractivity (Wildman–Crippen MR) is 69.7 cm³/mol. The van der Waals surface area contributed by atoms with E-state index in [1.54, 1.807) is 18.2 Å². The number of nitrogens with two attached hydrogens (primary N) is 1. The lowest BCUT2D eigenvalue weighted by Gasteiger charge is -2.19. The summed E-state index contributed by atoms with van der Waals surface area (Å²) in [6.07, 6.45) is 3.55. The van der Waals surface area contributed by atoms with Crippen LogP contribution < -0.4 is 5.73 Å². The number of aromatic hydroxyl groups is 1. The van der Waals surface area contributed by atoms with Crippen LogP contribution in [0.5, 0.6) is 5.75 Å². The van der Waals surface area contributed by atoms with E-state index in [2.05, 4.69) is 20.8 Å². The number of phenolic OH excluding ortho intramolecular Hbond substituents is 1. The van der Waals surface area contributed by atoms with E-state index < -0.39 is 0 Å². The van der Waals surface area contributed by atoms with Gasteiger partial charge in [0.1, 0.15) is 5.75 Å². The van der Waals surface area contributed by atoms with Crippen molar-refractivity contribution in [1.82, 2.24) is 0 Å². The van der Waals surface area contributed by atoms with Gasteiger partial charge >= 0.3 is 0 Å². The number of benzene rings is 1. The molecule has 0 atom stereocenters. The molecule has 0 heterocycles. The zero-order chi connectivity index (χ0) is 13.1. The molecule has 0 unspecified atom stereocenters. The minimum Gasteiger partial charge on any atom is -0.507 e. The van der Waals surface area contributed by atoms with Crippen molar-refractivity contribution in [2.24, 2.45) is 5.73 Å². The fourth-order valence-electron chi connectivity index (χ4n) is 1.46.